The van der Waals surface area contributed by atoms with Crippen LogP contribution in [0.3, 0.4) is 0 Å². The molecule has 0 atom stereocenters. The topological polar surface area (TPSA) is 93.1 Å². The normalized spacial score (nSPS) is 12.8. The van der Waals surface area contributed by atoms with Gasteiger partial charge in [0.2, 0.25) is 0 Å². The third kappa shape index (κ3) is 4.04. The van der Waals surface area contributed by atoms with Crippen LogP contribution in [0.25, 0.3) is 0 Å². The number of hydrogen-bond acceptors (Lipinski definition) is 5. The Labute approximate surface area is 177 Å². The van der Waals surface area contributed by atoms with Gasteiger partial charge >= 0.3 is 0 Å². The molecule has 3 heterocycles. The first-order valence-electron chi connectivity index (χ1n) is 9.94. The van der Waals surface area contributed by atoms with Crippen LogP contribution in [0.15, 0.2) is 47.7 Å². The van der Waals surface area contributed by atoms with Gasteiger partial charge in [-0.25, -0.2) is 0 Å². The molecule has 0 spiro atoms. The Hall–Kier alpha value is -3.26. The van der Waals surface area contributed by atoms with Gasteiger partial charge in [0, 0.05) is 36.1 Å². The first-order chi connectivity index (χ1) is 14.6. The summed E-state index contributed by atoms with van der Waals surface area (Å²) < 4.78 is 1.53. The molecule has 0 unspecified atom stereocenters. The van der Waals surface area contributed by atoms with Crippen molar-refractivity contribution in [1.82, 2.24) is 9.55 Å². The maximum atomic E-state index is 13.2. The van der Waals surface area contributed by atoms with Crippen LogP contribution in [0.4, 0.5) is 10.7 Å². The number of nitrogens with one attached hydrogen (secondary N) is 2. The lowest BCUT2D eigenvalue weighted by Crippen LogP contribution is -2.21. The van der Waals surface area contributed by atoms with Crippen LogP contribution >= 0.6 is 11.3 Å². The number of carbonyl (C=O) groups is 2. The van der Waals surface area contributed by atoms with Gasteiger partial charge in [-0.05, 0) is 56.4 Å². The fourth-order valence-corrected chi connectivity index (χ4v) is 4.89. The zero-order valence-corrected chi connectivity index (χ0v) is 17.4. The Kier molecular flexibility index (Phi) is 5.76. The zero-order chi connectivity index (χ0) is 21.1. The number of amides is 2. The number of fused-ring (bicyclic) bond motifs is 1. The van der Waals surface area contributed by atoms with Gasteiger partial charge in [0.05, 0.1) is 16.8 Å². The van der Waals surface area contributed by atoms with Gasteiger partial charge in [-0.3, -0.25) is 19.4 Å². The Balaban J connectivity index is 1.66. The smallest absolute Gasteiger partial charge is 0.258 e. The lowest BCUT2D eigenvalue weighted by molar-refractivity contribution is 0.102. The predicted molar refractivity (Wildman–Crippen MR) is 117 cm³/mol. The van der Waals surface area contributed by atoms with Crippen LogP contribution in [0.1, 0.15) is 50.9 Å². The van der Waals surface area contributed by atoms with Crippen molar-refractivity contribution in [1.29, 1.82) is 0 Å². The molecule has 154 valence electrons. The number of aromatic nitrogens is 2. The molecule has 8 heteroatoms. The van der Waals surface area contributed by atoms with Gasteiger partial charge in [0.25, 0.3) is 17.4 Å². The number of thiophene rings is 1. The first kappa shape index (κ1) is 20.0. The van der Waals surface area contributed by atoms with Gasteiger partial charge in [-0.15, -0.1) is 11.3 Å². The molecule has 4 rings (SSSR count). The molecule has 2 N–H and O–H groups in total. The van der Waals surface area contributed by atoms with E-state index in [9.17, 15) is 14.4 Å². The van der Waals surface area contributed by atoms with E-state index in [0.717, 1.165) is 36.1 Å². The second-order valence-corrected chi connectivity index (χ2v) is 8.21. The quantitative estimate of drug-likeness (QED) is 0.656. The number of aryl methyl sites for hydroxylation is 2. The predicted octanol–water partition coefficient (Wildman–Crippen LogP) is 3.71. The molecule has 0 fully saturated rings. The van der Waals surface area contributed by atoms with Crippen molar-refractivity contribution < 1.29 is 9.59 Å². The van der Waals surface area contributed by atoms with Crippen molar-refractivity contribution >= 4 is 33.8 Å². The molecule has 3 aromatic heterocycles. The summed E-state index contributed by atoms with van der Waals surface area (Å²) in [6.07, 6.45) is 8.54. The minimum atomic E-state index is -0.296. The van der Waals surface area contributed by atoms with Crippen LogP contribution in [0, 0.1) is 0 Å². The van der Waals surface area contributed by atoms with E-state index in [2.05, 4.69) is 15.6 Å². The molecule has 0 aliphatic heterocycles. The van der Waals surface area contributed by atoms with E-state index < -0.39 is 0 Å². The van der Waals surface area contributed by atoms with Gasteiger partial charge < -0.3 is 15.2 Å². The van der Waals surface area contributed by atoms with Crippen LogP contribution in [-0.4, -0.2) is 21.4 Å². The Bertz CT molecular complexity index is 1150. The van der Waals surface area contributed by atoms with Crippen LogP contribution in [0.2, 0.25) is 0 Å². The molecule has 0 bridgehead atoms. The number of hydrogen-bond donors (Lipinski definition) is 2. The third-order valence-corrected chi connectivity index (χ3v) is 6.34. The van der Waals surface area contributed by atoms with E-state index in [0.29, 0.717) is 28.4 Å². The summed E-state index contributed by atoms with van der Waals surface area (Å²) in [4.78, 5) is 42.8. The number of nitrogens with zero attached hydrogens (tertiary/aromatic N) is 2. The lowest BCUT2D eigenvalue weighted by Gasteiger charge is -2.14. The zero-order valence-electron chi connectivity index (χ0n) is 16.6. The molecule has 0 saturated carbocycles. The second-order valence-electron chi connectivity index (χ2n) is 7.11. The molecule has 0 radical (unpaired) electrons. The minimum Gasteiger partial charge on any atom is -0.321 e. The average molecular weight is 423 g/mol. The molecule has 30 heavy (non-hydrogen) atoms. The highest BCUT2D eigenvalue weighted by atomic mass is 32.1. The molecule has 1 aliphatic rings. The molecular weight excluding hydrogens is 400 g/mol. The lowest BCUT2D eigenvalue weighted by atomic mass is 9.95. The fraction of sp³-hybridized carbons (Fsp3) is 0.273. The minimum absolute atomic E-state index is 0.118. The van der Waals surface area contributed by atoms with Crippen molar-refractivity contribution in [3.05, 3.63) is 74.8 Å². The van der Waals surface area contributed by atoms with E-state index in [1.165, 1.54) is 28.2 Å². The molecule has 3 aromatic rings. The standard InChI is InChI=1S/C22H22N4O3S/c1-2-26-13-15(9-10-18(26)27)24-21(29)19-16-7-3-4-8-17(16)30-22(19)25-20(28)14-6-5-11-23-12-14/h5-6,9-13H,2-4,7-8H2,1H3,(H,24,29)(H,25,28). The fourth-order valence-electron chi connectivity index (χ4n) is 3.61. The van der Waals surface area contributed by atoms with Gasteiger partial charge in [0.15, 0.2) is 0 Å². The van der Waals surface area contributed by atoms with Crippen molar-refractivity contribution in [3.8, 4) is 0 Å². The number of pyridine rings is 2. The van der Waals surface area contributed by atoms with Crippen LogP contribution < -0.4 is 16.2 Å². The summed E-state index contributed by atoms with van der Waals surface area (Å²) in [5.74, 6) is -0.576. The summed E-state index contributed by atoms with van der Waals surface area (Å²) in [6.45, 7) is 2.39. The van der Waals surface area contributed by atoms with Crippen LogP contribution in [-0.2, 0) is 19.4 Å². The van der Waals surface area contributed by atoms with Gasteiger partial charge in [-0.1, -0.05) is 0 Å². The number of rotatable bonds is 5. The van der Waals surface area contributed by atoms with Crippen molar-refractivity contribution in [3.63, 3.8) is 0 Å². The SMILES string of the molecule is CCn1cc(NC(=O)c2c(NC(=O)c3cccnc3)sc3c2CCCC3)ccc1=O. The second kappa shape index (κ2) is 8.62. The monoisotopic (exact) mass is 422 g/mol. The molecule has 0 saturated heterocycles. The van der Waals surface area contributed by atoms with E-state index in [1.807, 2.05) is 6.92 Å². The van der Waals surface area contributed by atoms with Crippen molar-refractivity contribution in [2.75, 3.05) is 10.6 Å². The molecule has 0 aromatic carbocycles. The molecule has 7 nitrogen and oxygen atoms in total. The summed E-state index contributed by atoms with van der Waals surface area (Å²) in [5.41, 5.74) is 2.38. The summed E-state index contributed by atoms with van der Waals surface area (Å²) >= 11 is 1.47. The maximum absolute atomic E-state index is 13.2. The average Bonchev–Trinajstić information content (AvgIpc) is 3.13. The maximum Gasteiger partial charge on any atom is 0.258 e. The highest BCUT2D eigenvalue weighted by molar-refractivity contribution is 7.17. The van der Waals surface area contributed by atoms with Crippen molar-refractivity contribution in [2.24, 2.45) is 0 Å². The van der Waals surface area contributed by atoms with E-state index in [1.54, 1.807) is 30.6 Å². The first-order valence-corrected chi connectivity index (χ1v) is 10.8. The Morgan fingerprint density at radius 1 is 1.13 bits per heavy atom. The van der Waals surface area contributed by atoms with E-state index in [4.69, 9.17) is 0 Å². The van der Waals surface area contributed by atoms with Gasteiger partial charge in [0.1, 0.15) is 5.00 Å². The van der Waals surface area contributed by atoms with E-state index in [-0.39, 0.29) is 17.4 Å². The van der Waals surface area contributed by atoms with E-state index >= 15 is 0 Å². The van der Waals surface area contributed by atoms with Crippen molar-refractivity contribution in [2.45, 2.75) is 39.2 Å². The number of carbonyl (C=O) groups excluding carboxylic acids is 2. The van der Waals surface area contributed by atoms with Gasteiger partial charge in [-0.2, -0.15) is 0 Å². The molecular formula is C22H22N4O3S. The van der Waals surface area contributed by atoms with Crippen LogP contribution in [0.5, 0.6) is 0 Å². The highest BCUT2D eigenvalue weighted by Crippen LogP contribution is 2.38. The Morgan fingerprint density at radius 2 is 1.97 bits per heavy atom. The molecule has 2 amide bonds. The number of anilines is 2. The molecule has 1 aliphatic carbocycles. The summed E-state index contributed by atoms with van der Waals surface area (Å²) in [7, 11) is 0. The Morgan fingerprint density at radius 3 is 2.73 bits per heavy atom. The summed E-state index contributed by atoms with van der Waals surface area (Å²) in [5, 5.41) is 6.35. The highest BCUT2D eigenvalue weighted by Gasteiger charge is 2.26. The largest absolute Gasteiger partial charge is 0.321 e. The third-order valence-electron chi connectivity index (χ3n) is 5.13. The summed E-state index contributed by atoms with van der Waals surface area (Å²) in [6, 6.07) is 6.42.